The molecular weight excluding hydrogens is 286 g/mol. The Morgan fingerprint density at radius 2 is 1.94 bits per heavy atom. The summed E-state index contributed by atoms with van der Waals surface area (Å²) in [6, 6.07) is 11.7. The van der Waals surface area contributed by atoms with E-state index in [2.05, 4.69) is 20.9 Å². The molecule has 0 aliphatic carbocycles. The van der Waals surface area contributed by atoms with Crippen LogP contribution in [0, 0.1) is 0 Å². The smallest absolute Gasteiger partial charge is 0.115 e. The van der Waals surface area contributed by atoms with Crippen LogP contribution in [-0.2, 0) is 6.61 Å². The fraction of sp³-hybridized carbons (Fsp3) is 0.0833. The van der Waals surface area contributed by atoms with Crippen molar-refractivity contribution in [2.45, 2.75) is 16.5 Å². The largest absolute Gasteiger partial charge is 0.392 e. The summed E-state index contributed by atoms with van der Waals surface area (Å²) < 4.78 is 0.992. The summed E-state index contributed by atoms with van der Waals surface area (Å²) in [7, 11) is 0. The van der Waals surface area contributed by atoms with E-state index in [1.165, 1.54) is 0 Å². The number of aromatic nitrogens is 1. The van der Waals surface area contributed by atoms with Crippen molar-refractivity contribution in [3.8, 4) is 0 Å². The molecule has 0 saturated carbocycles. The summed E-state index contributed by atoms with van der Waals surface area (Å²) in [6.07, 6.45) is 1.77. The van der Waals surface area contributed by atoms with E-state index in [-0.39, 0.29) is 6.61 Å². The van der Waals surface area contributed by atoms with Crippen molar-refractivity contribution in [2.24, 2.45) is 0 Å². The number of aliphatic hydroxyl groups is 1. The van der Waals surface area contributed by atoms with Crippen LogP contribution in [0.2, 0.25) is 0 Å². The van der Waals surface area contributed by atoms with Gasteiger partial charge in [0.2, 0.25) is 0 Å². The van der Waals surface area contributed by atoms with E-state index in [4.69, 9.17) is 5.11 Å². The summed E-state index contributed by atoms with van der Waals surface area (Å²) >= 11 is 5.05. The van der Waals surface area contributed by atoms with Crippen molar-refractivity contribution in [1.82, 2.24) is 4.98 Å². The van der Waals surface area contributed by atoms with Gasteiger partial charge in [0.25, 0.3) is 0 Å². The number of benzene rings is 1. The molecule has 0 saturated heterocycles. The van der Waals surface area contributed by atoms with E-state index < -0.39 is 0 Å². The fourth-order valence-corrected chi connectivity index (χ4v) is 2.49. The molecule has 2 aromatic rings. The topological polar surface area (TPSA) is 33.1 Å². The van der Waals surface area contributed by atoms with Crippen LogP contribution in [-0.4, -0.2) is 10.1 Å². The van der Waals surface area contributed by atoms with Gasteiger partial charge < -0.3 is 5.11 Å². The summed E-state index contributed by atoms with van der Waals surface area (Å²) in [5.41, 5.74) is 0.921. The summed E-state index contributed by atoms with van der Waals surface area (Å²) in [6.45, 7) is 0.0816. The molecule has 82 valence electrons. The molecule has 2 nitrogen and oxygen atoms in total. The Morgan fingerprint density at radius 3 is 2.56 bits per heavy atom. The van der Waals surface area contributed by atoms with Crippen molar-refractivity contribution >= 4 is 27.7 Å². The van der Waals surface area contributed by atoms with Crippen molar-refractivity contribution in [3.63, 3.8) is 0 Å². The predicted molar refractivity (Wildman–Crippen MR) is 68.4 cm³/mol. The zero-order valence-corrected chi connectivity index (χ0v) is 10.8. The van der Waals surface area contributed by atoms with Crippen molar-refractivity contribution in [1.29, 1.82) is 0 Å². The van der Waals surface area contributed by atoms with Crippen LogP contribution in [0.5, 0.6) is 0 Å². The van der Waals surface area contributed by atoms with Gasteiger partial charge in [-0.15, -0.1) is 0 Å². The average Bonchev–Trinajstić information content (AvgIpc) is 2.33. The molecule has 0 bridgehead atoms. The second-order valence-corrected chi connectivity index (χ2v) is 5.11. The first-order valence-corrected chi connectivity index (χ1v) is 6.39. The van der Waals surface area contributed by atoms with E-state index in [0.29, 0.717) is 0 Å². The van der Waals surface area contributed by atoms with Gasteiger partial charge in [0, 0.05) is 11.1 Å². The van der Waals surface area contributed by atoms with Crippen LogP contribution in [0.1, 0.15) is 5.56 Å². The maximum atomic E-state index is 8.94. The molecule has 0 aliphatic rings. The minimum Gasteiger partial charge on any atom is -0.392 e. The monoisotopic (exact) mass is 295 g/mol. The highest BCUT2D eigenvalue weighted by Gasteiger charge is 2.02. The molecule has 16 heavy (non-hydrogen) atoms. The van der Waals surface area contributed by atoms with Gasteiger partial charge in [-0.1, -0.05) is 23.9 Å². The van der Waals surface area contributed by atoms with Crippen molar-refractivity contribution in [3.05, 3.63) is 52.6 Å². The van der Waals surface area contributed by atoms with Crippen molar-refractivity contribution in [2.75, 3.05) is 0 Å². The normalized spacial score (nSPS) is 10.4. The van der Waals surface area contributed by atoms with E-state index >= 15 is 0 Å². The molecule has 1 aromatic carbocycles. The number of nitrogens with zero attached hydrogens (tertiary/aromatic N) is 1. The quantitative estimate of drug-likeness (QED) is 0.941. The minimum absolute atomic E-state index is 0.0816. The van der Waals surface area contributed by atoms with Crippen LogP contribution in [0.15, 0.2) is 57.0 Å². The molecule has 0 aliphatic heterocycles. The standard InChI is InChI=1S/C12H10BrNOS/c13-11-2-1-7-14-12(11)16-10-5-3-9(8-15)4-6-10/h1-7,15H,8H2. The second kappa shape index (κ2) is 5.48. The maximum Gasteiger partial charge on any atom is 0.115 e. The maximum absolute atomic E-state index is 8.94. The van der Waals surface area contributed by atoms with Gasteiger partial charge in [0.05, 0.1) is 11.1 Å². The number of hydrogen-bond acceptors (Lipinski definition) is 3. The van der Waals surface area contributed by atoms with Crippen LogP contribution in [0.3, 0.4) is 0 Å². The highest BCUT2D eigenvalue weighted by atomic mass is 79.9. The predicted octanol–water partition coefficient (Wildman–Crippen LogP) is 3.49. The number of pyridine rings is 1. The van der Waals surface area contributed by atoms with Gasteiger partial charge in [-0.2, -0.15) is 0 Å². The van der Waals surface area contributed by atoms with E-state index in [0.717, 1.165) is 20.0 Å². The van der Waals surface area contributed by atoms with E-state index in [9.17, 15) is 0 Å². The Kier molecular flexibility index (Phi) is 3.98. The lowest BCUT2D eigenvalue weighted by molar-refractivity contribution is 0.282. The first kappa shape index (κ1) is 11.6. The summed E-state index contributed by atoms with van der Waals surface area (Å²) in [5.74, 6) is 0. The Labute approximate surface area is 107 Å². The second-order valence-electron chi connectivity index (χ2n) is 3.19. The Balaban J connectivity index is 2.18. The molecule has 0 spiro atoms. The van der Waals surface area contributed by atoms with Gasteiger partial charge in [-0.25, -0.2) is 4.98 Å². The van der Waals surface area contributed by atoms with Crippen LogP contribution in [0.25, 0.3) is 0 Å². The molecular formula is C12H10BrNOS. The SMILES string of the molecule is OCc1ccc(Sc2ncccc2Br)cc1. The Bertz CT molecular complexity index is 473. The molecule has 1 N–H and O–H groups in total. The molecule has 0 unspecified atom stereocenters. The first-order valence-electron chi connectivity index (χ1n) is 4.78. The lowest BCUT2D eigenvalue weighted by Crippen LogP contribution is -1.83. The number of hydrogen-bond donors (Lipinski definition) is 1. The molecule has 0 amide bonds. The molecule has 0 atom stereocenters. The Morgan fingerprint density at radius 1 is 1.19 bits per heavy atom. The van der Waals surface area contributed by atoms with Gasteiger partial charge in [0.15, 0.2) is 0 Å². The van der Waals surface area contributed by atoms with Crippen LogP contribution in [0.4, 0.5) is 0 Å². The molecule has 4 heteroatoms. The lowest BCUT2D eigenvalue weighted by atomic mass is 10.2. The third-order valence-corrected chi connectivity index (χ3v) is 3.97. The molecule has 0 radical (unpaired) electrons. The third kappa shape index (κ3) is 2.84. The minimum atomic E-state index is 0.0816. The molecule has 0 fully saturated rings. The van der Waals surface area contributed by atoms with E-state index in [1.807, 2.05) is 36.4 Å². The van der Waals surface area contributed by atoms with E-state index in [1.54, 1.807) is 18.0 Å². The van der Waals surface area contributed by atoms with Gasteiger partial charge in [0.1, 0.15) is 5.03 Å². The third-order valence-electron chi connectivity index (χ3n) is 2.05. The van der Waals surface area contributed by atoms with Crippen LogP contribution >= 0.6 is 27.7 Å². The fourth-order valence-electron chi connectivity index (χ4n) is 1.22. The first-order chi connectivity index (χ1) is 7.79. The molecule has 1 aromatic heterocycles. The van der Waals surface area contributed by atoms with Gasteiger partial charge >= 0.3 is 0 Å². The summed E-state index contributed by atoms with van der Waals surface area (Å²) in [5, 5.41) is 9.88. The van der Waals surface area contributed by atoms with Gasteiger partial charge in [-0.3, -0.25) is 0 Å². The average molecular weight is 296 g/mol. The summed E-state index contributed by atoms with van der Waals surface area (Å²) in [4.78, 5) is 5.39. The van der Waals surface area contributed by atoms with Crippen LogP contribution < -0.4 is 0 Å². The number of halogens is 1. The Hall–Kier alpha value is -0.840. The number of rotatable bonds is 3. The van der Waals surface area contributed by atoms with Gasteiger partial charge in [-0.05, 0) is 45.8 Å². The molecule has 2 rings (SSSR count). The highest BCUT2D eigenvalue weighted by Crippen LogP contribution is 2.31. The zero-order chi connectivity index (χ0) is 11.4. The van der Waals surface area contributed by atoms with Crippen molar-refractivity contribution < 1.29 is 5.11 Å². The lowest BCUT2D eigenvalue weighted by Gasteiger charge is -2.03. The zero-order valence-electron chi connectivity index (χ0n) is 8.43. The highest BCUT2D eigenvalue weighted by molar-refractivity contribution is 9.10. The molecule has 1 heterocycles. The number of aliphatic hydroxyl groups excluding tert-OH is 1.